The average molecular weight is 254 g/mol. The van der Waals surface area contributed by atoms with E-state index in [-0.39, 0.29) is 5.60 Å². The van der Waals surface area contributed by atoms with Crippen LogP contribution in [-0.4, -0.2) is 62.0 Å². The normalized spacial score (nSPS) is 43.8. The van der Waals surface area contributed by atoms with Crippen molar-refractivity contribution in [1.82, 2.24) is 10.2 Å². The van der Waals surface area contributed by atoms with Gasteiger partial charge in [0.15, 0.2) is 0 Å². The van der Waals surface area contributed by atoms with Crippen molar-refractivity contribution >= 4 is 0 Å². The Morgan fingerprint density at radius 3 is 2.78 bits per heavy atom. The zero-order valence-electron chi connectivity index (χ0n) is 11.7. The van der Waals surface area contributed by atoms with Crippen molar-refractivity contribution in [2.75, 3.05) is 39.4 Å². The quantitative estimate of drug-likeness (QED) is 0.810. The maximum atomic E-state index is 6.30. The molecule has 4 fully saturated rings. The molecule has 0 aromatic carbocycles. The third-order valence-corrected chi connectivity index (χ3v) is 4.80. The van der Waals surface area contributed by atoms with Crippen molar-refractivity contribution in [3.8, 4) is 0 Å². The second kappa shape index (κ2) is 5.08. The van der Waals surface area contributed by atoms with Gasteiger partial charge in [0.05, 0.1) is 25.4 Å². The summed E-state index contributed by atoms with van der Waals surface area (Å²) in [6.07, 6.45) is 2.88. The highest BCUT2D eigenvalue weighted by molar-refractivity contribution is 5.08. The van der Waals surface area contributed by atoms with Gasteiger partial charge in [-0.3, -0.25) is 0 Å². The Kier molecular flexibility index (Phi) is 3.63. The first kappa shape index (κ1) is 12.9. The summed E-state index contributed by atoms with van der Waals surface area (Å²) in [7, 11) is 0. The van der Waals surface area contributed by atoms with Crippen LogP contribution >= 0.6 is 0 Å². The number of fused-ring (bicyclic) bond motifs is 2. The molecular weight excluding hydrogens is 228 g/mol. The van der Waals surface area contributed by atoms with Crippen LogP contribution in [0.5, 0.6) is 0 Å². The topological polar surface area (TPSA) is 33.7 Å². The fourth-order valence-corrected chi connectivity index (χ4v) is 3.85. The van der Waals surface area contributed by atoms with Gasteiger partial charge in [-0.05, 0) is 45.7 Å². The molecule has 4 nitrogen and oxygen atoms in total. The molecule has 104 valence electrons. The molecule has 4 rings (SSSR count). The Bertz CT molecular complexity index is 290. The van der Waals surface area contributed by atoms with Crippen LogP contribution in [0.1, 0.15) is 26.7 Å². The van der Waals surface area contributed by atoms with Crippen LogP contribution < -0.4 is 5.32 Å². The molecule has 4 saturated heterocycles. The van der Waals surface area contributed by atoms with Crippen LogP contribution in [0.2, 0.25) is 0 Å². The smallest absolute Gasteiger partial charge is 0.101 e. The Morgan fingerprint density at radius 1 is 1.39 bits per heavy atom. The maximum Gasteiger partial charge on any atom is 0.101 e. The molecule has 1 spiro atoms. The molecule has 18 heavy (non-hydrogen) atoms. The van der Waals surface area contributed by atoms with E-state index in [1.54, 1.807) is 0 Å². The van der Waals surface area contributed by atoms with Crippen molar-refractivity contribution in [1.29, 1.82) is 0 Å². The lowest BCUT2D eigenvalue weighted by Crippen LogP contribution is -2.72. The van der Waals surface area contributed by atoms with Crippen molar-refractivity contribution in [3.05, 3.63) is 0 Å². The zero-order chi connectivity index (χ0) is 12.6. The van der Waals surface area contributed by atoms with Crippen molar-refractivity contribution in [2.45, 2.75) is 44.4 Å². The summed E-state index contributed by atoms with van der Waals surface area (Å²) in [6.45, 7) is 10.4. The van der Waals surface area contributed by atoms with Gasteiger partial charge in [0.25, 0.3) is 0 Å². The number of piperidine rings is 3. The molecule has 0 aromatic rings. The van der Waals surface area contributed by atoms with Crippen LogP contribution in [-0.2, 0) is 9.47 Å². The van der Waals surface area contributed by atoms with Crippen molar-refractivity contribution < 1.29 is 9.47 Å². The average Bonchev–Trinajstić information content (AvgIpc) is 2.39. The standard InChI is InChI=1S/C14H26N2O2/c1-11(2)17-9-13-14(18-8-5-15-13)10-16-6-3-12(14)4-7-16/h11-13,15H,3-10H2,1-2H3. The van der Waals surface area contributed by atoms with Gasteiger partial charge in [0, 0.05) is 13.1 Å². The summed E-state index contributed by atoms with van der Waals surface area (Å²) in [5.74, 6) is 0.719. The van der Waals surface area contributed by atoms with Crippen molar-refractivity contribution in [2.24, 2.45) is 5.92 Å². The monoisotopic (exact) mass is 254 g/mol. The number of hydrogen-bond donors (Lipinski definition) is 1. The van der Waals surface area contributed by atoms with E-state index in [1.807, 2.05) is 0 Å². The van der Waals surface area contributed by atoms with E-state index in [4.69, 9.17) is 9.47 Å². The molecule has 0 saturated carbocycles. The lowest BCUT2D eigenvalue weighted by molar-refractivity contribution is -0.197. The Hall–Kier alpha value is -0.160. The van der Waals surface area contributed by atoms with Gasteiger partial charge in [0.1, 0.15) is 5.60 Å². The molecule has 0 amide bonds. The molecule has 1 N–H and O–H groups in total. The van der Waals surface area contributed by atoms with Crippen LogP contribution in [0.4, 0.5) is 0 Å². The van der Waals surface area contributed by atoms with Gasteiger partial charge in [0.2, 0.25) is 0 Å². The number of nitrogens with one attached hydrogen (secondary N) is 1. The minimum Gasteiger partial charge on any atom is -0.377 e. The predicted octanol–water partition coefficient (Wildman–Crippen LogP) is 0.864. The first-order valence-electron chi connectivity index (χ1n) is 7.42. The molecule has 2 unspecified atom stereocenters. The van der Waals surface area contributed by atoms with E-state index in [1.165, 1.54) is 25.9 Å². The van der Waals surface area contributed by atoms with Gasteiger partial charge >= 0.3 is 0 Å². The van der Waals surface area contributed by atoms with E-state index >= 15 is 0 Å². The molecular formula is C14H26N2O2. The molecule has 2 bridgehead atoms. The van der Waals surface area contributed by atoms with Crippen LogP contribution in [0, 0.1) is 5.92 Å². The van der Waals surface area contributed by atoms with E-state index in [0.29, 0.717) is 12.1 Å². The summed E-state index contributed by atoms with van der Waals surface area (Å²) >= 11 is 0. The molecule has 0 aromatic heterocycles. The van der Waals surface area contributed by atoms with Crippen LogP contribution in [0.15, 0.2) is 0 Å². The minimum absolute atomic E-state index is 0.0175. The predicted molar refractivity (Wildman–Crippen MR) is 70.7 cm³/mol. The molecule has 4 heterocycles. The molecule has 0 aliphatic carbocycles. The van der Waals surface area contributed by atoms with E-state index in [9.17, 15) is 0 Å². The molecule has 4 heteroatoms. The largest absolute Gasteiger partial charge is 0.377 e. The molecule has 2 atom stereocenters. The number of morpholine rings is 1. The fourth-order valence-electron chi connectivity index (χ4n) is 3.85. The highest BCUT2D eigenvalue weighted by Crippen LogP contribution is 2.41. The van der Waals surface area contributed by atoms with Crippen LogP contribution in [0.3, 0.4) is 0 Å². The third kappa shape index (κ3) is 2.20. The number of rotatable bonds is 3. The lowest BCUT2D eigenvalue weighted by Gasteiger charge is -2.57. The summed E-state index contributed by atoms with van der Waals surface area (Å²) in [5.41, 5.74) is 0.0175. The number of ether oxygens (including phenoxy) is 2. The Balaban J connectivity index is 1.74. The van der Waals surface area contributed by atoms with Crippen LogP contribution in [0.25, 0.3) is 0 Å². The highest BCUT2D eigenvalue weighted by Gasteiger charge is 2.53. The second-order valence-corrected chi connectivity index (χ2v) is 6.24. The summed E-state index contributed by atoms with van der Waals surface area (Å²) < 4.78 is 12.2. The van der Waals surface area contributed by atoms with E-state index in [0.717, 1.165) is 32.2 Å². The number of nitrogens with zero attached hydrogens (tertiary/aromatic N) is 1. The van der Waals surface area contributed by atoms with Gasteiger partial charge in [-0.25, -0.2) is 0 Å². The van der Waals surface area contributed by atoms with Crippen molar-refractivity contribution in [3.63, 3.8) is 0 Å². The SMILES string of the molecule is CC(C)OCC1NCCOC12CN1CCC2CC1. The summed E-state index contributed by atoms with van der Waals surface area (Å²) in [4.78, 5) is 2.56. The van der Waals surface area contributed by atoms with E-state index in [2.05, 4.69) is 24.1 Å². The second-order valence-electron chi connectivity index (χ2n) is 6.24. The molecule has 4 aliphatic heterocycles. The first-order valence-corrected chi connectivity index (χ1v) is 7.42. The molecule has 0 radical (unpaired) electrons. The highest BCUT2D eigenvalue weighted by atomic mass is 16.5. The Morgan fingerprint density at radius 2 is 2.17 bits per heavy atom. The minimum atomic E-state index is 0.0175. The number of hydrogen-bond acceptors (Lipinski definition) is 4. The molecule has 4 aliphatic rings. The lowest BCUT2D eigenvalue weighted by atomic mass is 9.70. The summed E-state index contributed by atoms with van der Waals surface area (Å²) in [6, 6.07) is 0.363. The van der Waals surface area contributed by atoms with Gasteiger partial charge < -0.3 is 19.7 Å². The Labute approximate surface area is 110 Å². The van der Waals surface area contributed by atoms with E-state index < -0.39 is 0 Å². The first-order chi connectivity index (χ1) is 8.71. The zero-order valence-corrected chi connectivity index (χ0v) is 11.7. The maximum absolute atomic E-state index is 6.30. The van der Waals surface area contributed by atoms with Gasteiger partial charge in [-0.15, -0.1) is 0 Å². The fraction of sp³-hybridized carbons (Fsp3) is 1.00. The van der Waals surface area contributed by atoms with Gasteiger partial charge in [-0.2, -0.15) is 0 Å². The van der Waals surface area contributed by atoms with Gasteiger partial charge in [-0.1, -0.05) is 0 Å². The third-order valence-electron chi connectivity index (χ3n) is 4.80. The summed E-state index contributed by atoms with van der Waals surface area (Å²) in [5, 5.41) is 3.64.